The first-order valence-electron chi connectivity index (χ1n) is 4.55. The van der Waals surface area contributed by atoms with Crippen LogP contribution in [-0.2, 0) is 9.53 Å². The summed E-state index contributed by atoms with van der Waals surface area (Å²) >= 11 is 0. The van der Waals surface area contributed by atoms with E-state index in [1.807, 2.05) is 0 Å². The number of rotatable bonds is 6. The summed E-state index contributed by atoms with van der Waals surface area (Å²) in [5, 5.41) is 0. The zero-order chi connectivity index (χ0) is 11.0. The summed E-state index contributed by atoms with van der Waals surface area (Å²) in [5.74, 6) is -0.327. The summed E-state index contributed by atoms with van der Waals surface area (Å²) in [7, 11) is 0. The Balaban J connectivity index is 0. The van der Waals surface area contributed by atoms with E-state index in [0.29, 0.717) is 26.0 Å². The van der Waals surface area contributed by atoms with Gasteiger partial charge in [-0.25, -0.2) is 0 Å². The van der Waals surface area contributed by atoms with Crippen LogP contribution in [-0.4, -0.2) is 55.0 Å². The molecule has 4 radical (unpaired) electrons. The van der Waals surface area contributed by atoms with Crippen LogP contribution in [0.5, 0.6) is 0 Å². The fourth-order valence-electron chi connectivity index (χ4n) is 0.887. The van der Waals surface area contributed by atoms with Gasteiger partial charge in [0.2, 0.25) is 0 Å². The Labute approximate surface area is 107 Å². The number of carbonyl (C=O) groups is 1. The molecule has 86 valence electrons. The summed E-state index contributed by atoms with van der Waals surface area (Å²) in [6.07, 6.45) is 1.19. The quantitative estimate of drug-likeness (QED) is 0.182. The van der Waals surface area contributed by atoms with Gasteiger partial charge in [0, 0.05) is 30.5 Å². The molecule has 15 heavy (non-hydrogen) atoms. The number of nitrogens with zero attached hydrogens (tertiary/aromatic N) is 1. The van der Waals surface area contributed by atoms with Crippen molar-refractivity contribution in [3.63, 3.8) is 0 Å². The standard InChI is InChI=1S/C8H18N4O2.Sn/c1-2-14-7(13)6(9)4-3-5-12-8(10)11;/h6H,2-5,9H2,1H3,(H4,10,11,12);/t6-;/m0./s1. The summed E-state index contributed by atoms with van der Waals surface area (Å²) in [6.45, 7) is 2.57. The third-order valence-corrected chi connectivity index (χ3v) is 1.56. The fourth-order valence-corrected chi connectivity index (χ4v) is 0.887. The van der Waals surface area contributed by atoms with E-state index in [0.717, 1.165) is 0 Å². The molecule has 0 spiro atoms. The minimum atomic E-state index is -0.579. The Hall–Kier alpha value is -0.501. The topological polar surface area (TPSA) is 117 Å². The van der Waals surface area contributed by atoms with E-state index in [2.05, 4.69) is 4.99 Å². The van der Waals surface area contributed by atoms with Gasteiger partial charge < -0.3 is 21.9 Å². The number of hydrogen-bond acceptors (Lipinski definition) is 4. The monoisotopic (exact) mass is 322 g/mol. The van der Waals surface area contributed by atoms with Crippen LogP contribution in [0.3, 0.4) is 0 Å². The Morgan fingerprint density at radius 2 is 2.07 bits per heavy atom. The van der Waals surface area contributed by atoms with Crippen LogP contribution in [0.1, 0.15) is 19.8 Å². The van der Waals surface area contributed by atoms with Crippen molar-refractivity contribution in [2.45, 2.75) is 25.8 Å². The van der Waals surface area contributed by atoms with Gasteiger partial charge in [-0.05, 0) is 19.8 Å². The molecule has 0 aliphatic rings. The third-order valence-electron chi connectivity index (χ3n) is 1.56. The molecule has 7 heteroatoms. The van der Waals surface area contributed by atoms with Crippen molar-refractivity contribution in [2.24, 2.45) is 22.2 Å². The van der Waals surface area contributed by atoms with Gasteiger partial charge >= 0.3 is 5.97 Å². The molecule has 0 aromatic heterocycles. The van der Waals surface area contributed by atoms with Gasteiger partial charge in [-0.15, -0.1) is 0 Å². The molecule has 0 amide bonds. The average molecular weight is 321 g/mol. The molecule has 0 aliphatic heterocycles. The largest absolute Gasteiger partial charge is 0.465 e. The van der Waals surface area contributed by atoms with Crippen LogP contribution < -0.4 is 17.2 Å². The SMILES string of the molecule is CCOC(=O)[C@@H](N)CCCN=C(N)N.[Sn]. The first kappa shape index (κ1) is 16.9. The van der Waals surface area contributed by atoms with Gasteiger partial charge in [0.25, 0.3) is 0 Å². The van der Waals surface area contributed by atoms with E-state index in [9.17, 15) is 4.79 Å². The van der Waals surface area contributed by atoms with Crippen LogP contribution >= 0.6 is 0 Å². The number of aliphatic imine (C=N–C) groups is 1. The van der Waals surface area contributed by atoms with Crippen LogP contribution in [0.4, 0.5) is 0 Å². The van der Waals surface area contributed by atoms with Crippen LogP contribution in [0.2, 0.25) is 0 Å². The Bertz CT molecular complexity index is 207. The van der Waals surface area contributed by atoms with E-state index < -0.39 is 6.04 Å². The zero-order valence-electron chi connectivity index (χ0n) is 8.90. The van der Waals surface area contributed by atoms with Crippen LogP contribution in [0, 0.1) is 0 Å². The third kappa shape index (κ3) is 9.80. The predicted octanol–water partition coefficient (Wildman–Crippen LogP) is -1.45. The van der Waals surface area contributed by atoms with Crippen molar-refractivity contribution in [3.05, 3.63) is 0 Å². The number of esters is 1. The second-order valence-electron chi connectivity index (χ2n) is 2.81. The zero-order valence-corrected chi connectivity index (χ0v) is 11.8. The van der Waals surface area contributed by atoms with Gasteiger partial charge in [0.05, 0.1) is 6.61 Å². The minimum absolute atomic E-state index is 0. The molecule has 6 N–H and O–H groups in total. The van der Waals surface area contributed by atoms with E-state index in [4.69, 9.17) is 21.9 Å². The normalized spacial score (nSPS) is 11.1. The van der Waals surface area contributed by atoms with E-state index in [1.54, 1.807) is 6.92 Å². The molecule has 0 fully saturated rings. The first-order chi connectivity index (χ1) is 6.57. The summed E-state index contributed by atoms with van der Waals surface area (Å²) in [6, 6.07) is -0.579. The molecule has 0 unspecified atom stereocenters. The maximum atomic E-state index is 11.0. The molecule has 0 aromatic carbocycles. The van der Waals surface area contributed by atoms with Crippen molar-refractivity contribution in [1.82, 2.24) is 0 Å². The smallest absolute Gasteiger partial charge is 0.322 e. The molecule has 0 bridgehead atoms. The maximum absolute atomic E-state index is 11.0. The van der Waals surface area contributed by atoms with Crippen molar-refractivity contribution < 1.29 is 9.53 Å². The summed E-state index contributed by atoms with van der Waals surface area (Å²) in [5.41, 5.74) is 15.8. The van der Waals surface area contributed by atoms with Crippen molar-refractivity contribution in [1.29, 1.82) is 0 Å². The van der Waals surface area contributed by atoms with Gasteiger partial charge in [0.15, 0.2) is 5.96 Å². The van der Waals surface area contributed by atoms with E-state index >= 15 is 0 Å². The average Bonchev–Trinajstić information content (AvgIpc) is 2.12. The minimum Gasteiger partial charge on any atom is -0.465 e. The number of hydrogen-bond donors (Lipinski definition) is 3. The number of carbonyl (C=O) groups excluding carboxylic acids is 1. The van der Waals surface area contributed by atoms with Crippen molar-refractivity contribution in [3.8, 4) is 0 Å². The number of nitrogens with two attached hydrogens (primary N) is 3. The molecule has 1 atom stereocenters. The van der Waals surface area contributed by atoms with Crippen LogP contribution in [0.15, 0.2) is 4.99 Å². The molecular formula is C8H18N4O2Sn. The maximum Gasteiger partial charge on any atom is 0.322 e. The molecule has 0 rings (SSSR count). The Kier molecular flexibility index (Phi) is 11.3. The summed E-state index contributed by atoms with van der Waals surface area (Å²) in [4.78, 5) is 14.8. The molecular weight excluding hydrogens is 303 g/mol. The van der Waals surface area contributed by atoms with Crippen molar-refractivity contribution in [2.75, 3.05) is 13.2 Å². The summed E-state index contributed by atoms with van der Waals surface area (Å²) < 4.78 is 4.73. The molecule has 0 heterocycles. The second-order valence-corrected chi connectivity index (χ2v) is 2.81. The molecule has 0 saturated heterocycles. The fraction of sp³-hybridized carbons (Fsp3) is 0.750. The Morgan fingerprint density at radius 3 is 2.53 bits per heavy atom. The predicted molar refractivity (Wildman–Crippen MR) is 60.3 cm³/mol. The van der Waals surface area contributed by atoms with Crippen LogP contribution in [0.25, 0.3) is 0 Å². The first-order valence-corrected chi connectivity index (χ1v) is 4.55. The number of ether oxygens (including phenoxy) is 1. The van der Waals surface area contributed by atoms with E-state index in [-0.39, 0.29) is 35.8 Å². The van der Waals surface area contributed by atoms with Gasteiger partial charge in [-0.1, -0.05) is 0 Å². The number of guanidine groups is 1. The molecule has 0 aromatic rings. The van der Waals surface area contributed by atoms with Crippen molar-refractivity contribution >= 4 is 35.8 Å². The van der Waals surface area contributed by atoms with Gasteiger partial charge in [0.1, 0.15) is 6.04 Å². The molecule has 0 aliphatic carbocycles. The molecule has 6 nitrogen and oxygen atoms in total. The Morgan fingerprint density at radius 1 is 1.47 bits per heavy atom. The van der Waals surface area contributed by atoms with Gasteiger partial charge in [-0.3, -0.25) is 9.79 Å². The van der Waals surface area contributed by atoms with E-state index in [1.165, 1.54) is 0 Å². The van der Waals surface area contributed by atoms with Gasteiger partial charge in [-0.2, -0.15) is 0 Å². The second kappa shape index (κ2) is 10.0. The molecule has 0 saturated carbocycles.